The zero-order valence-corrected chi connectivity index (χ0v) is 33.1. The van der Waals surface area contributed by atoms with Crippen molar-refractivity contribution in [2.45, 2.75) is 81.8 Å². The van der Waals surface area contributed by atoms with Gasteiger partial charge in [-0.1, -0.05) is 24.3 Å². The van der Waals surface area contributed by atoms with Crippen molar-refractivity contribution in [2.75, 3.05) is 56.4 Å². The van der Waals surface area contributed by atoms with Crippen molar-refractivity contribution in [3.8, 4) is 16.9 Å². The number of carbonyl (C=O) groups excluding carboxylic acids is 3. The Hall–Kier alpha value is -5.54. The first-order valence-electron chi connectivity index (χ1n) is 20.9. The summed E-state index contributed by atoms with van der Waals surface area (Å²) in [5.41, 5.74) is 2.37. The lowest BCUT2D eigenvalue weighted by Crippen LogP contribution is -2.48. The molecule has 59 heavy (non-hydrogen) atoms. The minimum Gasteiger partial charge on any atom is -0.374 e. The minimum absolute atomic E-state index is 0.0458. The summed E-state index contributed by atoms with van der Waals surface area (Å²) in [4.78, 5) is 64.7. The first-order valence-corrected chi connectivity index (χ1v) is 20.9. The van der Waals surface area contributed by atoms with Gasteiger partial charge < -0.3 is 25.3 Å². The highest BCUT2D eigenvalue weighted by Gasteiger charge is 2.31. The molecule has 2 aromatic heterocycles. The molecule has 3 N–H and O–H groups in total. The molecule has 4 aromatic rings. The van der Waals surface area contributed by atoms with Crippen LogP contribution < -0.4 is 21.5 Å². The van der Waals surface area contributed by atoms with E-state index in [9.17, 15) is 23.6 Å². The molecule has 3 amide bonds. The largest absolute Gasteiger partial charge is 0.374 e. The number of hydrogen-bond donors (Lipinski definition) is 3. The number of nitrogens with zero attached hydrogens (tertiary/aromatic N) is 6. The molecule has 310 valence electrons. The molecule has 13 nitrogen and oxygen atoms in total. The lowest BCUT2D eigenvalue weighted by atomic mass is 9.87. The smallest absolute Gasteiger partial charge is 0.255 e. The van der Waals surface area contributed by atoms with E-state index in [4.69, 9.17) is 0 Å². The minimum atomic E-state index is -0.556. The first kappa shape index (κ1) is 40.2. The normalized spacial score (nSPS) is 20.4. The number of benzene rings is 2. The van der Waals surface area contributed by atoms with E-state index in [1.807, 2.05) is 17.0 Å². The fourth-order valence-electron chi connectivity index (χ4n) is 9.01. The van der Waals surface area contributed by atoms with Gasteiger partial charge in [-0.25, -0.2) is 18.7 Å². The van der Waals surface area contributed by atoms with Gasteiger partial charge >= 0.3 is 0 Å². The Morgan fingerprint density at radius 2 is 1.61 bits per heavy atom. The van der Waals surface area contributed by atoms with Gasteiger partial charge in [-0.15, -0.1) is 0 Å². The van der Waals surface area contributed by atoms with Gasteiger partial charge in [-0.05, 0) is 113 Å². The third-order valence-electron chi connectivity index (χ3n) is 12.4. The number of imide groups is 1. The second-order valence-corrected chi connectivity index (χ2v) is 16.2. The van der Waals surface area contributed by atoms with Crippen LogP contribution in [0.25, 0.3) is 16.9 Å². The van der Waals surface area contributed by atoms with Crippen molar-refractivity contribution in [1.82, 2.24) is 34.6 Å². The zero-order valence-electron chi connectivity index (χ0n) is 33.1. The highest BCUT2D eigenvalue weighted by Crippen LogP contribution is 2.33. The zero-order chi connectivity index (χ0) is 40.9. The number of likely N-dealkylation sites (tertiary alicyclic amines) is 3. The summed E-state index contributed by atoms with van der Waals surface area (Å²) >= 11 is 0. The maximum atomic E-state index is 15.3. The molecule has 0 bridgehead atoms. The average molecular weight is 808 g/mol. The standard InChI is InChI=1S/C44H51F2N9O4/c45-36-27-32(48-38-9-10-39(56)50-43(38)59)7-8-35(36)29-11-22-53(23-12-29)33-15-19-52(20-16-33)21-17-40(57)54-24-13-31(14-25-54)49-44-47-28-37(46)42(51-44)30-4-3-5-34(26-30)55-18-2-1-6-41(55)58/h1-8,18,26-29,31,33,38,48H,9-17,19-25H2,(H,47,49,51)(H,50,56,59). The summed E-state index contributed by atoms with van der Waals surface area (Å²) in [7, 11) is 0. The van der Waals surface area contributed by atoms with E-state index in [-0.39, 0.29) is 53.2 Å². The Labute approximate surface area is 342 Å². The fraction of sp³-hybridized carbons (Fsp3) is 0.455. The number of halogens is 2. The first-order chi connectivity index (χ1) is 28.7. The summed E-state index contributed by atoms with van der Waals surface area (Å²) in [5.74, 6) is -0.835. The molecule has 0 saturated carbocycles. The van der Waals surface area contributed by atoms with E-state index in [1.54, 1.807) is 42.6 Å². The van der Waals surface area contributed by atoms with Crippen LogP contribution in [-0.4, -0.2) is 111 Å². The van der Waals surface area contributed by atoms with Gasteiger partial charge in [0, 0.05) is 73.8 Å². The second kappa shape index (κ2) is 18.2. The van der Waals surface area contributed by atoms with E-state index >= 15 is 4.39 Å². The maximum Gasteiger partial charge on any atom is 0.255 e. The van der Waals surface area contributed by atoms with Crippen molar-refractivity contribution in [1.29, 1.82) is 0 Å². The van der Waals surface area contributed by atoms with Crippen LogP contribution in [-0.2, 0) is 14.4 Å². The van der Waals surface area contributed by atoms with Crippen molar-refractivity contribution in [3.63, 3.8) is 0 Å². The maximum absolute atomic E-state index is 15.3. The highest BCUT2D eigenvalue weighted by atomic mass is 19.1. The van der Waals surface area contributed by atoms with E-state index < -0.39 is 11.9 Å². The summed E-state index contributed by atoms with van der Waals surface area (Å²) in [5, 5.41) is 8.74. The predicted molar refractivity (Wildman–Crippen MR) is 220 cm³/mol. The molecule has 2 aromatic carbocycles. The van der Waals surface area contributed by atoms with Crippen LogP contribution in [0.15, 0.2) is 77.9 Å². The van der Waals surface area contributed by atoms with Crippen LogP contribution in [0.4, 0.5) is 20.4 Å². The van der Waals surface area contributed by atoms with Gasteiger partial charge in [-0.3, -0.25) is 29.1 Å². The average Bonchev–Trinajstić information content (AvgIpc) is 3.25. The Balaban J connectivity index is 0.741. The van der Waals surface area contributed by atoms with Gasteiger partial charge in [0.2, 0.25) is 23.7 Å². The molecule has 4 fully saturated rings. The molecule has 0 radical (unpaired) electrons. The van der Waals surface area contributed by atoms with Crippen LogP contribution in [0, 0.1) is 11.6 Å². The lowest BCUT2D eigenvalue weighted by Gasteiger charge is -2.42. The third-order valence-corrected chi connectivity index (χ3v) is 12.4. The van der Waals surface area contributed by atoms with Crippen LogP contribution in [0.5, 0.6) is 0 Å². The number of carbonyl (C=O) groups is 3. The van der Waals surface area contributed by atoms with Crippen molar-refractivity contribution < 1.29 is 23.2 Å². The fourth-order valence-corrected chi connectivity index (χ4v) is 9.01. The Kier molecular flexibility index (Phi) is 12.4. The highest BCUT2D eigenvalue weighted by molar-refractivity contribution is 6.01. The molecule has 15 heteroatoms. The van der Waals surface area contributed by atoms with Gasteiger partial charge in [0.1, 0.15) is 17.6 Å². The molecular formula is C44H51F2N9O4. The SMILES string of the molecule is O=C1CCC(Nc2ccc(C3CCN(C4CCN(CCC(=O)N5CCC(Nc6ncc(F)c(-c7cccc(-n8ccccc8=O)c7)n6)CC5)CC4)CC3)c(F)c2)C(=O)N1. The van der Waals surface area contributed by atoms with E-state index in [2.05, 4.69) is 35.7 Å². The third kappa shape index (κ3) is 9.68. The number of anilines is 2. The molecule has 1 unspecified atom stereocenters. The quantitative estimate of drug-likeness (QED) is 0.179. The molecule has 4 aliphatic heterocycles. The van der Waals surface area contributed by atoms with Crippen LogP contribution in [0.2, 0.25) is 0 Å². The number of nitrogens with one attached hydrogen (secondary N) is 3. The molecule has 4 aliphatic rings. The number of pyridine rings is 1. The Morgan fingerprint density at radius 1 is 0.814 bits per heavy atom. The number of amides is 3. The van der Waals surface area contributed by atoms with Crippen molar-refractivity contribution >= 4 is 29.4 Å². The summed E-state index contributed by atoms with van der Waals surface area (Å²) in [6.07, 6.45) is 9.33. The molecule has 6 heterocycles. The van der Waals surface area contributed by atoms with Crippen molar-refractivity contribution in [2.24, 2.45) is 0 Å². The van der Waals surface area contributed by atoms with Crippen LogP contribution in [0.3, 0.4) is 0 Å². The van der Waals surface area contributed by atoms with Gasteiger partial charge in [0.25, 0.3) is 5.56 Å². The number of aromatic nitrogens is 3. The summed E-state index contributed by atoms with van der Waals surface area (Å²) < 4.78 is 31.7. The van der Waals surface area contributed by atoms with Gasteiger partial charge in [0.15, 0.2) is 5.82 Å². The van der Waals surface area contributed by atoms with Gasteiger partial charge in [-0.2, -0.15) is 0 Å². The van der Waals surface area contributed by atoms with Crippen LogP contribution in [0.1, 0.15) is 69.3 Å². The Morgan fingerprint density at radius 3 is 2.36 bits per heavy atom. The second-order valence-electron chi connectivity index (χ2n) is 16.2. The van der Waals surface area contributed by atoms with Gasteiger partial charge in [0.05, 0.1) is 6.20 Å². The molecule has 0 aliphatic carbocycles. The van der Waals surface area contributed by atoms with Crippen LogP contribution >= 0.6 is 0 Å². The van der Waals surface area contributed by atoms with E-state index in [1.165, 1.54) is 16.7 Å². The summed E-state index contributed by atoms with van der Waals surface area (Å²) in [6.45, 7) is 5.76. The number of rotatable bonds is 11. The summed E-state index contributed by atoms with van der Waals surface area (Å²) in [6, 6.07) is 17.1. The predicted octanol–water partition coefficient (Wildman–Crippen LogP) is 4.93. The topological polar surface area (TPSA) is 145 Å². The van der Waals surface area contributed by atoms with E-state index in [0.29, 0.717) is 54.9 Å². The molecule has 1 atom stereocenters. The number of hydrogen-bond acceptors (Lipinski definition) is 10. The molecule has 4 saturated heterocycles. The number of piperidine rings is 4. The molecular weight excluding hydrogens is 757 g/mol. The van der Waals surface area contributed by atoms with E-state index in [0.717, 1.165) is 83.0 Å². The molecule has 0 spiro atoms. The Bertz CT molecular complexity index is 2210. The molecule has 8 rings (SSSR count). The monoisotopic (exact) mass is 807 g/mol. The lowest BCUT2D eigenvalue weighted by molar-refractivity contribution is -0.134. The van der Waals surface area contributed by atoms with Crippen molar-refractivity contribution in [3.05, 3.63) is 101 Å².